The van der Waals surface area contributed by atoms with Crippen molar-refractivity contribution in [3.63, 3.8) is 0 Å². The van der Waals surface area contributed by atoms with Gasteiger partial charge in [-0.2, -0.15) is 5.10 Å². The molecule has 1 aliphatic carbocycles. The first-order valence-electron chi connectivity index (χ1n) is 8.76. The van der Waals surface area contributed by atoms with Crippen LogP contribution in [0.3, 0.4) is 0 Å². The quantitative estimate of drug-likeness (QED) is 0.698. The molecule has 5 nitrogen and oxygen atoms in total. The predicted molar refractivity (Wildman–Crippen MR) is 101 cm³/mol. The van der Waals surface area contributed by atoms with Crippen LogP contribution in [0.5, 0.6) is 0 Å². The number of nitrogens with one attached hydrogen (secondary N) is 1. The summed E-state index contributed by atoms with van der Waals surface area (Å²) in [5, 5.41) is 8.48. The van der Waals surface area contributed by atoms with E-state index in [2.05, 4.69) is 10.4 Å². The van der Waals surface area contributed by atoms with Crippen LogP contribution in [0.25, 0.3) is 10.2 Å². The molecule has 26 heavy (non-hydrogen) atoms. The van der Waals surface area contributed by atoms with Gasteiger partial charge in [0.25, 0.3) is 5.91 Å². The number of thiophene rings is 1. The lowest BCUT2D eigenvalue weighted by atomic mass is 10.2. The second-order valence-corrected chi connectivity index (χ2v) is 7.94. The number of hydrogen-bond acceptors (Lipinski definition) is 4. The average Bonchev–Trinajstić information content (AvgIpc) is 3.31. The highest BCUT2D eigenvalue weighted by atomic mass is 32.1. The van der Waals surface area contributed by atoms with Gasteiger partial charge in [0.05, 0.1) is 17.1 Å². The maximum Gasteiger partial charge on any atom is 0.261 e. The van der Waals surface area contributed by atoms with Crippen LogP contribution in [0.2, 0.25) is 0 Å². The van der Waals surface area contributed by atoms with E-state index in [1.165, 1.54) is 36.3 Å². The van der Waals surface area contributed by atoms with Crippen molar-refractivity contribution in [2.75, 3.05) is 6.54 Å². The van der Waals surface area contributed by atoms with Gasteiger partial charge in [-0.25, -0.2) is 4.39 Å². The molecule has 1 atom stereocenters. The summed E-state index contributed by atoms with van der Waals surface area (Å²) in [4.78, 5) is 14.1. The van der Waals surface area contributed by atoms with Crippen LogP contribution in [-0.2, 0) is 6.54 Å². The van der Waals surface area contributed by atoms with Gasteiger partial charge in [-0.05, 0) is 49.4 Å². The lowest BCUT2D eigenvalue weighted by Crippen LogP contribution is -2.38. The average molecular weight is 372 g/mol. The molecule has 136 valence electrons. The minimum atomic E-state index is -0.255. The van der Waals surface area contributed by atoms with Gasteiger partial charge in [-0.3, -0.25) is 9.48 Å². The third-order valence-corrected chi connectivity index (χ3v) is 5.95. The summed E-state index contributed by atoms with van der Waals surface area (Å²) in [5.41, 5.74) is 7.90. The Morgan fingerprint density at radius 3 is 2.85 bits per heavy atom. The first-order chi connectivity index (χ1) is 12.5. The number of nitrogens with zero attached hydrogens (tertiary/aromatic N) is 2. The van der Waals surface area contributed by atoms with Gasteiger partial charge in [0.15, 0.2) is 0 Å². The van der Waals surface area contributed by atoms with E-state index in [4.69, 9.17) is 5.73 Å². The number of carbonyl (C=O) groups is 1. The van der Waals surface area contributed by atoms with Crippen molar-refractivity contribution >= 4 is 27.5 Å². The normalized spacial score (nSPS) is 15.3. The van der Waals surface area contributed by atoms with E-state index < -0.39 is 0 Å². The van der Waals surface area contributed by atoms with Crippen LogP contribution in [-0.4, -0.2) is 28.3 Å². The van der Waals surface area contributed by atoms with Crippen LogP contribution in [0.1, 0.15) is 33.8 Å². The molecular weight excluding hydrogens is 351 g/mol. The van der Waals surface area contributed by atoms with Crippen molar-refractivity contribution in [2.24, 2.45) is 11.7 Å². The van der Waals surface area contributed by atoms with Gasteiger partial charge in [0.2, 0.25) is 0 Å². The Morgan fingerprint density at radius 1 is 1.42 bits per heavy atom. The summed E-state index contributed by atoms with van der Waals surface area (Å²) in [5.74, 6) is 0.217. The predicted octanol–water partition coefficient (Wildman–Crippen LogP) is 3.06. The highest BCUT2D eigenvalue weighted by Gasteiger charge is 2.28. The number of halogens is 1. The third-order valence-electron chi connectivity index (χ3n) is 4.80. The number of aromatic nitrogens is 2. The fourth-order valence-corrected chi connectivity index (χ4v) is 4.16. The summed E-state index contributed by atoms with van der Waals surface area (Å²) in [6.07, 6.45) is 2.33. The molecule has 3 aromatic rings. The zero-order valence-electron chi connectivity index (χ0n) is 14.5. The van der Waals surface area contributed by atoms with E-state index >= 15 is 0 Å². The topological polar surface area (TPSA) is 72.9 Å². The maximum absolute atomic E-state index is 13.1. The third kappa shape index (κ3) is 3.50. The Bertz CT molecular complexity index is 943. The van der Waals surface area contributed by atoms with E-state index in [1.54, 1.807) is 12.1 Å². The van der Waals surface area contributed by atoms with Crippen LogP contribution >= 0.6 is 11.3 Å². The molecule has 0 bridgehead atoms. The number of amides is 1. The van der Waals surface area contributed by atoms with E-state index in [0.717, 1.165) is 21.5 Å². The van der Waals surface area contributed by atoms with Crippen molar-refractivity contribution in [1.29, 1.82) is 0 Å². The Labute approximate surface area is 155 Å². The number of hydrogen-bond donors (Lipinski definition) is 2. The SMILES string of the molecule is Cc1nn(Cc2ccc(F)cc2)c2sc(C(=O)NCC(N)C3CC3)cc12. The number of carbonyl (C=O) groups excluding carboxylic acids is 1. The number of rotatable bonds is 6. The molecule has 0 spiro atoms. The van der Waals surface area contributed by atoms with Crippen LogP contribution < -0.4 is 11.1 Å². The number of nitrogens with two attached hydrogens (primary N) is 1. The van der Waals surface area contributed by atoms with Crippen molar-refractivity contribution in [3.8, 4) is 0 Å². The van der Waals surface area contributed by atoms with Crippen LogP contribution in [0.15, 0.2) is 30.3 Å². The first-order valence-corrected chi connectivity index (χ1v) is 9.58. The smallest absolute Gasteiger partial charge is 0.261 e. The van der Waals surface area contributed by atoms with Crippen molar-refractivity contribution in [3.05, 3.63) is 52.3 Å². The monoisotopic (exact) mass is 372 g/mol. The van der Waals surface area contributed by atoms with E-state index in [9.17, 15) is 9.18 Å². The molecule has 3 N–H and O–H groups in total. The van der Waals surface area contributed by atoms with Crippen LogP contribution in [0, 0.1) is 18.7 Å². The van der Waals surface area contributed by atoms with Crippen molar-refractivity contribution in [1.82, 2.24) is 15.1 Å². The summed E-state index contributed by atoms with van der Waals surface area (Å²) >= 11 is 1.42. The lowest BCUT2D eigenvalue weighted by Gasteiger charge is -2.10. The Kier molecular flexibility index (Phi) is 4.50. The van der Waals surface area contributed by atoms with E-state index in [-0.39, 0.29) is 17.8 Å². The molecule has 1 aromatic carbocycles. The fraction of sp³-hybridized carbons (Fsp3) is 0.368. The molecule has 0 aliphatic heterocycles. The molecule has 4 rings (SSSR count). The number of fused-ring (bicyclic) bond motifs is 1. The Hall–Kier alpha value is -2.25. The van der Waals surface area contributed by atoms with E-state index in [0.29, 0.717) is 23.9 Å². The van der Waals surface area contributed by atoms with Gasteiger partial charge in [0.1, 0.15) is 10.6 Å². The summed E-state index contributed by atoms with van der Waals surface area (Å²) in [6.45, 7) is 2.98. The summed E-state index contributed by atoms with van der Waals surface area (Å²) in [6, 6.07) is 8.32. The van der Waals surface area contributed by atoms with Crippen LogP contribution in [0.4, 0.5) is 4.39 Å². The van der Waals surface area contributed by atoms with Crippen molar-refractivity contribution < 1.29 is 9.18 Å². The number of benzene rings is 1. The lowest BCUT2D eigenvalue weighted by molar-refractivity contribution is 0.0954. The zero-order chi connectivity index (χ0) is 18.3. The second kappa shape index (κ2) is 6.81. The van der Waals surface area contributed by atoms with Crippen molar-refractivity contribution in [2.45, 2.75) is 32.4 Å². The molecule has 1 aliphatic rings. The maximum atomic E-state index is 13.1. The molecular formula is C19H21FN4OS. The Balaban J connectivity index is 1.52. The summed E-state index contributed by atoms with van der Waals surface area (Å²) < 4.78 is 15.0. The minimum absolute atomic E-state index is 0.0454. The standard InChI is InChI=1S/C19H21FN4OS/c1-11-15-8-17(18(25)22-9-16(21)13-4-5-13)26-19(15)24(23-11)10-12-2-6-14(20)7-3-12/h2-3,6-8,13,16H,4-5,9-10,21H2,1H3,(H,22,25). The highest BCUT2D eigenvalue weighted by Crippen LogP contribution is 2.31. The van der Waals surface area contributed by atoms with Gasteiger partial charge >= 0.3 is 0 Å². The molecule has 2 aromatic heterocycles. The molecule has 7 heteroatoms. The van der Waals surface area contributed by atoms with Gasteiger partial charge in [-0.15, -0.1) is 11.3 Å². The second-order valence-electron chi connectivity index (χ2n) is 6.91. The first kappa shape index (κ1) is 17.2. The molecule has 0 saturated heterocycles. The summed E-state index contributed by atoms with van der Waals surface area (Å²) in [7, 11) is 0. The minimum Gasteiger partial charge on any atom is -0.350 e. The molecule has 1 unspecified atom stereocenters. The molecule has 1 saturated carbocycles. The molecule has 1 fully saturated rings. The largest absolute Gasteiger partial charge is 0.350 e. The van der Waals surface area contributed by atoms with E-state index in [1.807, 2.05) is 17.7 Å². The zero-order valence-corrected chi connectivity index (χ0v) is 15.4. The Morgan fingerprint density at radius 2 is 2.15 bits per heavy atom. The molecule has 0 radical (unpaired) electrons. The fourth-order valence-electron chi connectivity index (χ4n) is 3.08. The molecule has 2 heterocycles. The van der Waals surface area contributed by atoms with Gasteiger partial charge in [0, 0.05) is 18.0 Å². The molecule has 1 amide bonds. The number of aryl methyl sites for hydroxylation is 1. The van der Waals surface area contributed by atoms with Gasteiger partial charge in [-0.1, -0.05) is 12.1 Å². The highest BCUT2D eigenvalue weighted by molar-refractivity contribution is 7.20. The van der Waals surface area contributed by atoms with Gasteiger partial charge < -0.3 is 11.1 Å².